The second-order valence-electron chi connectivity index (χ2n) is 8.17. The third-order valence-electron chi connectivity index (χ3n) is 6.06. The molecule has 6 nitrogen and oxygen atoms in total. The van der Waals surface area contributed by atoms with Crippen LogP contribution in [-0.2, 0) is 4.79 Å². The first-order chi connectivity index (χ1) is 14.1. The Kier molecular flexibility index (Phi) is 6.23. The average Bonchev–Trinajstić information content (AvgIpc) is 3.26. The van der Waals surface area contributed by atoms with Gasteiger partial charge in [0.05, 0.1) is 0 Å². The van der Waals surface area contributed by atoms with E-state index in [-0.39, 0.29) is 17.7 Å². The number of nitrogens with zero attached hydrogens (tertiary/aromatic N) is 3. The quantitative estimate of drug-likeness (QED) is 0.808. The van der Waals surface area contributed by atoms with Crippen LogP contribution in [-0.4, -0.2) is 40.0 Å². The van der Waals surface area contributed by atoms with Gasteiger partial charge in [-0.1, -0.05) is 48.8 Å². The van der Waals surface area contributed by atoms with E-state index in [0.717, 1.165) is 48.5 Å². The molecule has 7 heteroatoms. The van der Waals surface area contributed by atoms with Gasteiger partial charge >= 0.3 is 0 Å². The Bertz CT molecular complexity index is 875. The van der Waals surface area contributed by atoms with Crippen molar-refractivity contribution in [1.29, 1.82) is 0 Å². The molecule has 2 fully saturated rings. The first kappa shape index (κ1) is 20.0. The maximum absolute atomic E-state index is 12.9. The molecule has 2 aromatic rings. The van der Waals surface area contributed by atoms with Crippen LogP contribution in [0.25, 0.3) is 0 Å². The maximum Gasteiger partial charge on any atom is 0.286 e. The molecule has 1 saturated carbocycles. The van der Waals surface area contributed by atoms with Crippen molar-refractivity contribution in [3.8, 4) is 0 Å². The number of aryl methyl sites for hydroxylation is 1. The van der Waals surface area contributed by atoms with Gasteiger partial charge in [0.1, 0.15) is 5.01 Å². The third-order valence-corrected chi connectivity index (χ3v) is 7.15. The zero-order valence-corrected chi connectivity index (χ0v) is 17.7. The van der Waals surface area contributed by atoms with Crippen molar-refractivity contribution in [2.24, 2.45) is 5.92 Å². The fourth-order valence-corrected chi connectivity index (χ4v) is 5.23. The Morgan fingerprint density at radius 3 is 2.66 bits per heavy atom. The molecule has 1 aliphatic heterocycles. The number of nitrogens with one attached hydrogen (secondary N) is 1. The van der Waals surface area contributed by atoms with Crippen LogP contribution in [0.3, 0.4) is 0 Å². The minimum absolute atomic E-state index is 0.175. The van der Waals surface area contributed by atoms with E-state index in [9.17, 15) is 9.59 Å². The molecule has 29 heavy (non-hydrogen) atoms. The van der Waals surface area contributed by atoms with E-state index >= 15 is 0 Å². The Morgan fingerprint density at radius 1 is 1.07 bits per heavy atom. The van der Waals surface area contributed by atoms with E-state index in [1.54, 1.807) is 0 Å². The SMILES string of the molecule is Cc1ccccc1NC(=O)c1nnc(C2CCCN(C(=O)C3CCCCC3)C2)s1. The average molecular weight is 413 g/mol. The Hall–Kier alpha value is -2.28. The smallest absolute Gasteiger partial charge is 0.286 e. The summed E-state index contributed by atoms with van der Waals surface area (Å²) < 4.78 is 0. The van der Waals surface area contributed by atoms with Gasteiger partial charge in [0.25, 0.3) is 5.91 Å². The van der Waals surface area contributed by atoms with Crippen molar-refractivity contribution < 1.29 is 9.59 Å². The number of rotatable bonds is 4. The summed E-state index contributed by atoms with van der Waals surface area (Å²) in [7, 11) is 0. The number of benzene rings is 1. The number of hydrogen-bond donors (Lipinski definition) is 1. The lowest BCUT2D eigenvalue weighted by molar-refractivity contribution is -0.137. The fraction of sp³-hybridized carbons (Fsp3) is 0.545. The summed E-state index contributed by atoms with van der Waals surface area (Å²) in [6.07, 6.45) is 7.62. The molecule has 1 aromatic carbocycles. The Morgan fingerprint density at radius 2 is 1.86 bits per heavy atom. The molecule has 2 heterocycles. The van der Waals surface area contributed by atoms with Crippen molar-refractivity contribution in [1.82, 2.24) is 15.1 Å². The van der Waals surface area contributed by atoms with Gasteiger partial charge in [-0.15, -0.1) is 10.2 Å². The largest absolute Gasteiger partial charge is 0.342 e. The highest BCUT2D eigenvalue weighted by Gasteiger charge is 2.32. The standard InChI is InChI=1S/C22H28N4O2S/c1-15-8-5-6-12-18(15)23-19(27)21-25-24-20(29-21)17-11-7-13-26(14-17)22(28)16-9-3-2-4-10-16/h5-6,8,12,16-17H,2-4,7,9-11,13-14H2,1H3,(H,23,27). The maximum atomic E-state index is 12.9. The van der Waals surface area contributed by atoms with Gasteiger partial charge in [-0.3, -0.25) is 9.59 Å². The predicted octanol–water partition coefficient (Wildman–Crippen LogP) is 4.39. The highest BCUT2D eigenvalue weighted by molar-refractivity contribution is 7.13. The first-order valence-electron chi connectivity index (χ1n) is 10.6. The number of para-hydroxylation sites is 1. The molecular weight excluding hydrogens is 384 g/mol. The normalized spacial score (nSPS) is 20.4. The molecule has 1 aromatic heterocycles. The molecular formula is C22H28N4O2S. The van der Waals surface area contributed by atoms with Crippen LogP contribution in [0.5, 0.6) is 0 Å². The molecule has 0 spiro atoms. The molecule has 1 atom stereocenters. The Labute approximate surface area is 175 Å². The highest BCUT2D eigenvalue weighted by atomic mass is 32.1. The second kappa shape index (κ2) is 9.03. The first-order valence-corrected chi connectivity index (χ1v) is 11.4. The van der Waals surface area contributed by atoms with E-state index < -0.39 is 0 Å². The van der Waals surface area contributed by atoms with Gasteiger partial charge in [0, 0.05) is 30.6 Å². The summed E-state index contributed by atoms with van der Waals surface area (Å²) in [4.78, 5) is 27.5. The number of hydrogen-bond acceptors (Lipinski definition) is 5. The second-order valence-corrected chi connectivity index (χ2v) is 9.18. The predicted molar refractivity (Wildman–Crippen MR) is 114 cm³/mol. The van der Waals surface area contributed by atoms with Crippen LogP contribution in [0.1, 0.15) is 71.2 Å². The van der Waals surface area contributed by atoms with E-state index in [1.807, 2.05) is 36.1 Å². The minimum atomic E-state index is -0.228. The number of piperidine rings is 1. The van der Waals surface area contributed by atoms with E-state index in [0.29, 0.717) is 17.5 Å². The van der Waals surface area contributed by atoms with Crippen LogP contribution >= 0.6 is 11.3 Å². The molecule has 0 bridgehead atoms. The number of aromatic nitrogens is 2. The summed E-state index contributed by atoms with van der Waals surface area (Å²) in [5, 5.41) is 12.6. The zero-order chi connectivity index (χ0) is 20.2. The molecule has 1 N–H and O–H groups in total. The molecule has 1 saturated heterocycles. The van der Waals surface area contributed by atoms with Crippen LogP contribution in [0.2, 0.25) is 0 Å². The molecule has 1 unspecified atom stereocenters. The summed E-state index contributed by atoms with van der Waals surface area (Å²) in [6.45, 7) is 3.50. The number of carbonyl (C=O) groups is 2. The van der Waals surface area contributed by atoms with Gasteiger partial charge < -0.3 is 10.2 Å². The van der Waals surface area contributed by atoms with Gasteiger partial charge in [-0.2, -0.15) is 0 Å². The zero-order valence-electron chi connectivity index (χ0n) is 16.9. The van der Waals surface area contributed by atoms with Crippen molar-refractivity contribution in [3.05, 3.63) is 39.8 Å². The number of carbonyl (C=O) groups excluding carboxylic acids is 2. The minimum Gasteiger partial charge on any atom is -0.342 e. The molecule has 0 radical (unpaired) electrons. The van der Waals surface area contributed by atoms with Gasteiger partial charge in [-0.05, 0) is 44.2 Å². The molecule has 2 aliphatic rings. The summed E-state index contributed by atoms with van der Waals surface area (Å²) in [5.41, 5.74) is 1.80. The fourth-order valence-electron chi connectivity index (χ4n) is 4.37. The lowest BCUT2D eigenvalue weighted by atomic mass is 9.87. The van der Waals surface area contributed by atoms with Crippen molar-refractivity contribution in [2.75, 3.05) is 18.4 Å². The summed E-state index contributed by atoms with van der Waals surface area (Å²) in [6, 6.07) is 7.68. The van der Waals surface area contributed by atoms with Crippen LogP contribution in [0.4, 0.5) is 5.69 Å². The molecule has 154 valence electrons. The van der Waals surface area contributed by atoms with Crippen molar-refractivity contribution in [3.63, 3.8) is 0 Å². The number of likely N-dealkylation sites (tertiary alicyclic amines) is 1. The lowest BCUT2D eigenvalue weighted by Gasteiger charge is -2.35. The summed E-state index contributed by atoms with van der Waals surface area (Å²) in [5.74, 6) is 0.464. The van der Waals surface area contributed by atoms with E-state index in [1.165, 1.54) is 30.6 Å². The molecule has 2 amide bonds. The number of amides is 2. The van der Waals surface area contributed by atoms with Crippen molar-refractivity contribution in [2.45, 2.75) is 57.8 Å². The van der Waals surface area contributed by atoms with Crippen molar-refractivity contribution >= 4 is 28.8 Å². The topological polar surface area (TPSA) is 75.2 Å². The van der Waals surface area contributed by atoms with E-state index in [2.05, 4.69) is 15.5 Å². The van der Waals surface area contributed by atoms with Gasteiger partial charge in [-0.25, -0.2) is 0 Å². The Balaban J connectivity index is 1.40. The molecule has 4 rings (SSSR count). The van der Waals surface area contributed by atoms with E-state index in [4.69, 9.17) is 0 Å². The van der Waals surface area contributed by atoms with Gasteiger partial charge in [0.15, 0.2) is 0 Å². The van der Waals surface area contributed by atoms with Crippen LogP contribution < -0.4 is 5.32 Å². The lowest BCUT2D eigenvalue weighted by Crippen LogP contribution is -2.42. The number of anilines is 1. The molecule has 1 aliphatic carbocycles. The third kappa shape index (κ3) is 4.66. The summed E-state index contributed by atoms with van der Waals surface area (Å²) >= 11 is 1.35. The monoisotopic (exact) mass is 412 g/mol. The van der Waals surface area contributed by atoms with Crippen LogP contribution in [0.15, 0.2) is 24.3 Å². The van der Waals surface area contributed by atoms with Crippen LogP contribution in [0, 0.1) is 12.8 Å². The highest BCUT2D eigenvalue weighted by Crippen LogP contribution is 2.32. The van der Waals surface area contributed by atoms with Gasteiger partial charge in [0.2, 0.25) is 10.9 Å².